The fraction of sp³-hybridized carbons (Fsp3) is 0.200. The number of benzene rings is 3. The molecule has 0 saturated carbocycles. The lowest BCUT2D eigenvalue weighted by Crippen LogP contribution is -2.33. The number of sulfonamides is 1. The van der Waals surface area contributed by atoms with Crippen LogP contribution in [-0.2, 0) is 37.1 Å². The van der Waals surface area contributed by atoms with Crippen LogP contribution in [0.1, 0.15) is 21.9 Å². The number of fused-ring (bicyclic) bond motifs is 2. The number of aromatic nitrogens is 1. The van der Waals surface area contributed by atoms with Crippen molar-refractivity contribution < 1.29 is 45.8 Å². The van der Waals surface area contributed by atoms with Crippen molar-refractivity contribution in [3.63, 3.8) is 0 Å². The molecule has 3 heterocycles. The van der Waals surface area contributed by atoms with Crippen molar-refractivity contribution in [2.45, 2.75) is 33.8 Å². The number of ether oxygens (including phenoxy) is 1. The Bertz CT molecular complexity index is 2150. The van der Waals surface area contributed by atoms with Crippen LogP contribution in [0.2, 0.25) is 0 Å². The number of thiazole rings is 1. The number of imide groups is 1. The van der Waals surface area contributed by atoms with Gasteiger partial charge in [-0.3, -0.25) is 23.7 Å². The Morgan fingerprint density at radius 3 is 2.40 bits per heavy atom. The molecule has 3 amide bonds. The number of nitrogens with two attached hydrogens (primary N) is 1. The van der Waals surface area contributed by atoms with Crippen LogP contribution >= 0.6 is 23.1 Å². The van der Waals surface area contributed by atoms with E-state index >= 15 is 0 Å². The van der Waals surface area contributed by atoms with E-state index in [0.717, 1.165) is 39.8 Å². The maximum Gasteiger partial charge on any atom is 0.416 e. The quantitative estimate of drug-likeness (QED) is 0.240. The van der Waals surface area contributed by atoms with Crippen LogP contribution in [0, 0.1) is 5.92 Å². The molecule has 1 saturated heterocycles. The van der Waals surface area contributed by atoms with Gasteiger partial charge >= 0.3 is 11.0 Å². The second-order valence-corrected chi connectivity index (χ2v) is 14.5. The van der Waals surface area contributed by atoms with Crippen molar-refractivity contribution in [1.29, 1.82) is 0 Å². The van der Waals surface area contributed by atoms with Gasteiger partial charge in [0.05, 0.1) is 34.2 Å². The van der Waals surface area contributed by atoms with E-state index in [1.807, 2.05) is 0 Å². The number of carbonyl (C=O) groups is 3. The zero-order valence-corrected chi connectivity index (χ0v) is 26.9. The lowest BCUT2D eigenvalue weighted by atomic mass is 9.83. The maximum atomic E-state index is 14.0. The number of hydrogen-bond acceptors (Lipinski definition) is 10. The minimum atomic E-state index is -4.74. The third kappa shape index (κ3) is 5.95. The first-order valence-electron chi connectivity index (χ1n) is 13.8. The molecule has 6 rings (SSSR count). The molecular weight excluding hydrogens is 698 g/mol. The summed E-state index contributed by atoms with van der Waals surface area (Å²) in [5, 5.41) is 16.9. The summed E-state index contributed by atoms with van der Waals surface area (Å²) in [5.41, 5.74) is -0.743. The molecule has 4 N–H and O–H groups in total. The smallest absolute Gasteiger partial charge is 0.416 e. The van der Waals surface area contributed by atoms with Gasteiger partial charge in [-0.05, 0) is 60.2 Å². The first kappa shape index (κ1) is 33.3. The summed E-state index contributed by atoms with van der Waals surface area (Å²) in [6, 6.07) is 13.1. The molecule has 2 aliphatic heterocycles. The summed E-state index contributed by atoms with van der Waals surface area (Å²) in [4.78, 5) is 54.6. The number of amides is 3. The summed E-state index contributed by atoms with van der Waals surface area (Å²) in [7, 11) is -2.67. The summed E-state index contributed by atoms with van der Waals surface area (Å²) in [5.74, 6) is -4.60. The highest BCUT2D eigenvalue weighted by atomic mass is 32.2. The number of aromatic hydroxyl groups is 1. The monoisotopic (exact) mass is 720 g/mol. The molecule has 18 heteroatoms. The lowest BCUT2D eigenvalue weighted by Gasteiger charge is -2.31. The SMILES string of the molecule is COc1cc([C@@H]2c3sc(=O)n(CC(=O)Nc4ccc(S(N)(=O)=O)cc4)c3SC3C(=O)N(c4cccc(C(F)(F)F)c4)C(=O)C32)ccc1O. The number of anilines is 2. The molecular formula is C30H23F3N4O8S3. The van der Waals surface area contributed by atoms with E-state index in [1.54, 1.807) is 0 Å². The summed E-state index contributed by atoms with van der Waals surface area (Å²) in [6.45, 7) is -0.531. The Morgan fingerprint density at radius 2 is 1.75 bits per heavy atom. The molecule has 48 heavy (non-hydrogen) atoms. The first-order valence-corrected chi connectivity index (χ1v) is 17.1. The standard InChI is InChI=1S/C30H23F3N4O8S3/c1-45-20-11-14(5-10-19(20)38)22-23-24(27(41)37(26(23)40)17-4-2-3-15(12-17)30(31,32)33)46-28-25(22)47-29(42)36(28)13-21(39)35-16-6-8-18(9-7-16)48(34,43)44/h2-12,22-24,38H,13H2,1H3,(H,35,39)(H2,34,43,44)/t22-,23?,24?/m0/s1. The highest BCUT2D eigenvalue weighted by Gasteiger charge is 2.57. The summed E-state index contributed by atoms with van der Waals surface area (Å²) >= 11 is 1.59. The Morgan fingerprint density at radius 1 is 1.04 bits per heavy atom. The van der Waals surface area contributed by atoms with Crippen molar-refractivity contribution in [2.75, 3.05) is 17.3 Å². The minimum absolute atomic E-state index is 0.0370. The molecule has 4 aromatic rings. The number of halogens is 3. The van der Waals surface area contributed by atoms with Crippen LogP contribution in [0.5, 0.6) is 11.5 Å². The fourth-order valence-corrected chi connectivity index (χ4v) is 8.94. The van der Waals surface area contributed by atoms with Gasteiger partial charge in [0.1, 0.15) is 11.8 Å². The molecule has 0 spiro atoms. The van der Waals surface area contributed by atoms with Crippen LogP contribution in [-0.4, -0.2) is 48.2 Å². The van der Waals surface area contributed by atoms with Gasteiger partial charge in [0, 0.05) is 16.5 Å². The number of primary sulfonamides is 1. The molecule has 0 aliphatic carbocycles. The van der Waals surface area contributed by atoms with Crippen LogP contribution in [0.15, 0.2) is 81.4 Å². The van der Waals surface area contributed by atoms with Gasteiger partial charge in [-0.15, -0.1) is 0 Å². The van der Waals surface area contributed by atoms with E-state index in [-0.39, 0.29) is 32.8 Å². The van der Waals surface area contributed by atoms with Crippen LogP contribution in [0.3, 0.4) is 0 Å². The van der Waals surface area contributed by atoms with E-state index < -0.39 is 68.0 Å². The third-order valence-electron chi connectivity index (χ3n) is 7.81. The van der Waals surface area contributed by atoms with Crippen molar-refractivity contribution in [3.05, 3.63) is 92.4 Å². The van der Waals surface area contributed by atoms with Crippen LogP contribution in [0.4, 0.5) is 24.5 Å². The van der Waals surface area contributed by atoms with Gasteiger partial charge in [-0.25, -0.2) is 18.5 Å². The number of alkyl halides is 3. The maximum absolute atomic E-state index is 14.0. The Balaban J connectivity index is 1.40. The zero-order valence-electron chi connectivity index (χ0n) is 24.4. The first-order chi connectivity index (χ1) is 22.6. The summed E-state index contributed by atoms with van der Waals surface area (Å²) in [6.07, 6.45) is -4.74. The topological polar surface area (TPSA) is 178 Å². The van der Waals surface area contributed by atoms with E-state index in [9.17, 15) is 45.9 Å². The number of carbonyl (C=O) groups excluding carboxylic acids is 3. The van der Waals surface area contributed by atoms with Crippen molar-refractivity contribution >= 4 is 62.2 Å². The zero-order chi connectivity index (χ0) is 34.7. The number of nitrogens with zero attached hydrogens (tertiary/aromatic N) is 2. The normalized spacial score (nSPS) is 19.2. The molecule has 0 bridgehead atoms. The van der Waals surface area contributed by atoms with Gasteiger partial charge in [0.15, 0.2) is 11.5 Å². The van der Waals surface area contributed by atoms with Crippen molar-refractivity contribution in [2.24, 2.45) is 11.1 Å². The van der Waals surface area contributed by atoms with E-state index in [4.69, 9.17) is 9.88 Å². The van der Waals surface area contributed by atoms with Gasteiger partial charge < -0.3 is 15.2 Å². The molecule has 12 nitrogen and oxygen atoms in total. The minimum Gasteiger partial charge on any atom is -0.504 e. The van der Waals surface area contributed by atoms with Crippen LogP contribution < -0.4 is 25.0 Å². The molecule has 2 aliphatic rings. The number of nitrogens with one attached hydrogen (secondary N) is 1. The average molecular weight is 721 g/mol. The Hall–Kier alpha value is -4.65. The van der Waals surface area contributed by atoms with Crippen molar-refractivity contribution in [3.8, 4) is 11.5 Å². The largest absolute Gasteiger partial charge is 0.504 e. The molecule has 250 valence electrons. The number of phenolic OH excluding ortho intramolecular Hbond substituents is 1. The van der Waals surface area contributed by atoms with E-state index in [2.05, 4.69) is 5.32 Å². The predicted molar refractivity (Wildman–Crippen MR) is 169 cm³/mol. The highest BCUT2D eigenvalue weighted by molar-refractivity contribution is 8.00. The Labute approximate surface area is 278 Å². The molecule has 1 fully saturated rings. The number of methoxy groups -OCH3 is 1. The van der Waals surface area contributed by atoms with Crippen LogP contribution in [0.25, 0.3) is 0 Å². The third-order valence-corrected chi connectivity index (χ3v) is 11.3. The number of hydrogen-bond donors (Lipinski definition) is 3. The number of phenols is 1. The average Bonchev–Trinajstić information content (AvgIpc) is 3.47. The second kappa shape index (κ2) is 12.1. The molecule has 3 aromatic carbocycles. The predicted octanol–water partition coefficient (Wildman–Crippen LogP) is 3.72. The van der Waals surface area contributed by atoms with Gasteiger partial charge in [0.2, 0.25) is 27.7 Å². The number of rotatable bonds is 7. The van der Waals surface area contributed by atoms with E-state index in [1.165, 1.54) is 55.6 Å². The summed E-state index contributed by atoms with van der Waals surface area (Å²) < 4.78 is 70.1. The van der Waals surface area contributed by atoms with Gasteiger partial charge in [0.25, 0.3) is 0 Å². The molecule has 3 atom stereocenters. The molecule has 1 aromatic heterocycles. The lowest BCUT2D eigenvalue weighted by molar-refractivity contribution is -0.137. The fourth-order valence-electron chi connectivity index (χ4n) is 5.65. The van der Waals surface area contributed by atoms with Gasteiger partial charge in [-0.2, -0.15) is 13.2 Å². The second-order valence-electron chi connectivity index (χ2n) is 10.8. The highest BCUT2D eigenvalue weighted by Crippen LogP contribution is 2.54. The molecule has 0 radical (unpaired) electrons. The van der Waals surface area contributed by atoms with E-state index in [0.29, 0.717) is 21.4 Å². The number of thioether (sulfide) groups is 1. The Kier molecular flexibility index (Phi) is 8.39. The van der Waals surface area contributed by atoms with Crippen molar-refractivity contribution in [1.82, 2.24) is 4.57 Å². The molecule has 2 unspecified atom stereocenters. The van der Waals surface area contributed by atoms with Gasteiger partial charge in [-0.1, -0.05) is 35.2 Å².